The Hall–Kier alpha value is -1.36. The lowest BCUT2D eigenvalue weighted by atomic mass is 9.77. The smallest absolute Gasteiger partial charge is 0.183 e. The van der Waals surface area contributed by atoms with Crippen molar-refractivity contribution in [1.82, 2.24) is 0 Å². The van der Waals surface area contributed by atoms with Crippen molar-refractivity contribution >= 4 is 11.4 Å². The van der Waals surface area contributed by atoms with E-state index in [-0.39, 0.29) is 18.0 Å². The third-order valence-electron chi connectivity index (χ3n) is 3.13. The summed E-state index contributed by atoms with van der Waals surface area (Å²) in [7, 11) is 0. The average molecular weight is 228 g/mol. The molecule has 1 saturated carbocycles. The van der Waals surface area contributed by atoms with Gasteiger partial charge in [-0.3, -0.25) is 0 Å². The number of halogens is 2. The van der Waals surface area contributed by atoms with Crippen LogP contribution in [0.15, 0.2) is 12.1 Å². The number of nitrogens with two attached hydrogens (primary N) is 1. The highest BCUT2D eigenvalue weighted by Crippen LogP contribution is 2.37. The van der Waals surface area contributed by atoms with Gasteiger partial charge in [-0.2, -0.15) is 0 Å². The topological polar surface area (TPSA) is 58.3 Å². The van der Waals surface area contributed by atoms with Crippen LogP contribution in [0, 0.1) is 11.6 Å². The average Bonchev–Trinajstić information content (AvgIpc) is 2.22. The molecule has 0 aliphatic heterocycles. The van der Waals surface area contributed by atoms with E-state index in [4.69, 9.17) is 5.73 Å². The van der Waals surface area contributed by atoms with Crippen LogP contribution in [0.5, 0.6) is 0 Å². The Bertz CT molecular complexity index is 400. The van der Waals surface area contributed by atoms with Gasteiger partial charge in [0.2, 0.25) is 0 Å². The Morgan fingerprint density at radius 3 is 2.56 bits per heavy atom. The summed E-state index contributed by atoms with van der Waals surface area (Å²) in [5.74, 6) is -1.93. The van der Waals surface area contributed by atoms with Crippen LogP contribution in [-0.2, 0) is 0 Å². The number of aliphatic hydroxyl groups excluding tert-OH is 1. The van der Waals surface area contributed by atoms with Crippen LogP contribution in [0.1, 0.15) is 19.3 Å². The van der Waals surface area contributed by atoms with E-state index in [0.29, 0.717) is 0 Å². The first kappa shape index (κ1) is 11.1. The molecule has 1 aromatic rings. The van der Waals surface area contributed by atoms with Crippen molar-refractivity contribution in [1.29, 1.82) is 0 Å². The van der Waals surface area contributed by atoms with Crippen molar-refractivity contribution in [3.63, 3.8) is 0 Å². The molecule has 0 aromatic heterocycles. The molecule has 2 rings (SSSR count). The van der Waals surface area contributed by atoms with Gasteiger partial charge in [0.25, 0.3) is 0 Å². The van der Waals surface area contributed by atoms with Crippen molar-refractivity contribution in [3.05, 3.63) is 23.8 Å². The van der Waals surface area contributed by atoms with Gasteiger partial charge in [-0.05, 0) is 31.4 Å². The summed E-state index contributed by atoms with van der Waals surface area (Å²) in [6.07, 6.45) is 2.43. The summed E-state index contributed by atoms with van der Waals surface area (Å²) in [4.78, 5) is 0. The number of anilines is 2. The molecule has 0 spiro atoms. The van der Waals surface area contributed by atoms with Crippen molar-refractivity contribution < 1.29 is 13.9 Å². The molecule has 1 aliphatic carbocycles. The van der Waals surface area contributed by atoms with Crippen molar-refractivity contribution in [3.8, 4) is 0 Å². The van der Waals surface area contributed by atoms with Crippen molar-refractivity contribution in [2.45, 2.75) is 24.8 Å². The molecule has 0 bridgehead atoms. The zero-order chi connectivity index (χ0) is 11.8. The highest BCUT2D eigenvalue weighted by atomic mass is 19.2. The lowest BCUT2D eigenvalue weighted by molar-refractivity contribution is 0.144. The molecule has 3 nitrogen and oxygen atoms in total. The van der Waals surface area contributed by atoms with E-state index >= 15 is 0 Å². The van der Waals surface area contributed by atoms with Crippen LogP contribution < -0.4 is 11.1 Å². The fourth-order valence-electron chi connectivity index (χ4n) is 1.88. The van der Waals surface area contributed by atoms with Gasteiger partial charge in [-0.25, -0.2) is 8.78 Å². The Labute approximate surface area is 92.3 Å². The Morgan fingerprint density at radius 1 is 1.38 bits per heavy atom. The standard InChI is InChI=1S/C11H14F2N2O/c12-7-2-3-8(14)10(9(7)13)15-11(6-16)4-1-5-11/h2-3,15-16H,1,4-6,14H2. The summed E-state index contributed by atoms with van der Waals surface area (Å²) < 4.78 is 26.5. The quantitative estimate of drug-likeness (QED) is 0.692. The highest BCUT2D eigenvalue weighted by molar-refractivity contribution is 5.68. The van der Waals surface area contributed by atoms with Gasteiger partial charge < -0.3 is 16.2 Å². The van der Waals surface area contributed by atoms with Gasteiger partial charge in [0.05, 0.1) is 23.5 Å². The van der Waals surface area contributed by atoms with E-state index in [1.807, 2.05) is 0 Å². The molecule has 0 radical (unpaired) electrons. The van der Waals surface area contributed by atoms with Crippen LogP contribution in [0.4, 0.5) is 20.2 Å². The molecule has 0 unspecified atom stereocenters. The second-order valence-electron chi connectivity index (χ2n) is 4.24. The molecule has 16 heavy (non-hydrogen) atoms. The minimum Gasteiger partial charge on any atom is -0.397 e. The first-order chi connectivity index (χ1) is 7.58. The highest BCUT2D eigenvalue weighted by Gasteiger charge is 2.37. The minimum atomic E-state index is -0.986. The fraction of sp³-hybridized carbons (Fsp3) is 0.455. The SMILES string of the molecule is Nc1ccc(F)c(F)c1NC1(CO)CCC1. The summed E-state index contributed by atoms with van der Waals surface area (Å²) in [6.45, 7) is -0.109. The van der Waals surface area contributed by atoms with Gasteiger partial charge >= 0.3 is 0 Å². The number of hydrogen-bond donors (Lipinski definition) is 3. The monoisotopic (exact) mass is 228 g/mol. The van der Waals surface area contributed by atoms with E-state index in [1.54, 1.807) is 0 Å². The van der Waals surface area contributed by atoms with E-state index in [0.717, 1.165) is 25.3 Å². The van der Waals surface area contributed by atoms with E-state index < -0.39 is 17.2 Å². The molecule has 1 fully saturated rings. The van der Waals surface area contributed by atoms with Crippen LogP contribution in [0.2, 0.25) is 0 Å². The molecule has 0 amide bonds. The molecule has 0 saturated heterocycles. The number of rotatable bonds is 3. The van der Waals surface area contributed by atoms with E-state index in [1.165, 1.54) is 6.07 Å². The van der Waals surface area contributed by atoms with Crippen molar-refractivity contribution in [2.75, 3.05) is 17.7 Å². The maximum Gasteiger partial charge on any atom is 0.183 e. The second-order valence-corrected chi connectivity index (χ2v) is 4.24. The Kier molecular flexibility index (Phi) is 2.71. The van der Waals surface area contributed by atoms with Crippen LogP contribution in [0.25, 0.3) is 0 Å². The van der Waals surface area contributed by atoms with Gasteiger partial charge in [0, 0.05) is 0 Å². The zero-order valence-electron chi connectivity index (χ0n) is 8.76. The normalized spacial score (nSPS) is 17.9. The molecule has 1 aliphatic rings. The Morgan fingerprint density at radius 2 is 2.06 bits per heavy atom. The molecule has 5 heteroatoms. The third kappa shape index (κ3) is 1.71. The number of hydrogen-bond acceptors (Lipinski definition) is 3. The number of aliphatic hydroxyl groups is 1. The maximum atomic E-state index is 13.5. The zero-order valence-corrected chi connectivity index (χ0v) is 8.76. The molecule has 0 heterocycles. The molecule has 0 atom stereocenters. The van der Waals surface area contributed by atoms with E-state index in [2.05, 4.69) is 5.32 Å². The van der Waals surface area contributed by atoms with E-state index in [9.17, 15) is 13.9 Å². The van der Waals surface area contributed by atoms with Crippen molar-refractivity contribution in [2.24, 2.45) is 0 Å². The first-order valence-electron chi connectivity index (χ1n) is 5.20. The van der Waals surface area contributed by atoms with Gasteiger partial charge in [0.1, 0.15) is 0 Å². The molecule has 4 N–H and O–H groups in total. The lowest BCUT2D eigenvalue weighted by Gasteiger charge is -2.42. The second kappa shape index (κ2) is 3.90. The number of nitrogens with one attached hydrogen (secondary N) is 1. The Balaban J connectivity index is 2.30. The first-order valence-corrected chi connectivity index (χ1v) is 5.20. The van der Waals surface area contributed by atoms with Gasteiger partial charge in [-0.15, -0.1) is 0 Å². The molecular weight excluding hydrogens is 214 g/mol. The van der Waals surface area contributed by atoms with Gasteiger partial charge in [0.15, 0.2) is 11.6 Å². The summed E-state index contributed by atoms with van der Waals surface area (Å²) in [5.41, 5.74) is 5.15. The molecule has 1 aromatic carbocycles. The third-order valence-corrected chi connectivity index (χ3v) is 3.13. The lowest BCUT2D eigenvalue weighted by Crippen LogP contribution is -2.48. The number of benzene rings is 1. The van der Waals surface area contributed by atoms with Crippen LogP contribution in [0.3, 0.4) is 0 Å². The largest absolute Gasteiger partial charge is 0.397 e. The predicted molar refractivity (Wildman–Crippen MR) is 58.1 cm³/mol. The number of nitrogen functional groups attached to an aromatic ring is 1. The van der Waals surface area contributed by atoms with Gasteiger partial charge in [-0.1, -0.05) is 0 Å². The maximum absolute atomic E-state index is 13.5. The predicted octanol–water partition coefficient (Wildman–Crippen LogP) is 1.87. The molecular formula is C11H14F2N2O. The minimum absolute atomic E-state index is 0.0475. The molecule has 88 valence electrons. The summed E-state index contributed by atoms with van der Waals surface area (Å²) in [6, 6.07) is 2.30. The van der Waals surface area contributed by atoms with Crippen LogP contribution >= 0.6 is 0 Å². The van der Waals surface area contributed by atoms with Crippen LogP contribution in [-0.4, -0.2) is 17.3 Å². The fourth-order valence-corrected chi connectivity index (χ4v) is 1.88. The summed E-state index contributed by atoms with van der Waals surface area (Å²) >= 11 is 0. The summed E-state index contributed by atoms with van der Waals surface area (Å²) in [5, 5.41) is 12.1.